The van der Waals surface area contributed by atoms with Crippen LogP contribution < -0.4 is 4.74 Å². The Morgan fingerprint density at radius 3 is 2.87 bits per heavy atom. The van der Waals surface area contributed by atoms with Crippen LogP contribution in [-0.2, 0) is 13.0 Å². The van der Waals surface area contributed by atoms with Gasteiger partial charge in [-0.3, -0.25) is 0 Å². The fraction of sp³-hybridized carbons (Fsp3) is 0.333. The largest absolute Gasteiger partial charge is 0.493 e. The van der Waals surface area contributed by atoms with Crippen molar-refractivity contribution in [2.75, 3.05) is 6.61 Å². The van der Waals surface area contributed by atoms with Crippen molar-refractivity contribution in [2.24, 2.45) is 0 Å². The minimum Gasteiger partial charge on any atom is -0.493 e. The number of allylic oxidation sites excluding steroid dienone is 5. The van der Waals surface area contributed by atoms with E-state index in [-0.39, 0.29) is 0 Å². The molecule has 0 fully saturated rings. The molecule has 1 aliphatic rings. The minimum absolute atomic E-state index is 0.682. The molecular weight excluding hydrogens is 282 g/mol. The summed E-state index contributed by atoms with van der Waals surface area (Å²) in [6, 6.07) is 6.65. The van der Waals surface area contributed by atoms with Gasteiger partial charge in [0, 0.05) is 17.6 Å². The van der Waals surface area contributed by atoms with Crippen molar-refractivity contribution in [3.8, 4) is 5.75 Å². The molecule has 2 aromatic rings. The van der Waals surface area contributed by atoms with Crippen molar-refractivity contribution in [2.45, 2.75) is 39.7 Å². The van der Waals surface area contributed by atoms with Gasteiger partial charge in [0.1, 0.15) is 5.75 Å². The number of aryl methyl sites for hydroxylation is 1. The molecule has 23 heavy (non-hydrogen) atoms. The van der Waals surface area contributed by atoms with E-state index in [1.54, 1.807) is 0 Å². The maximum absolute atomic E-state index is 5.97. The molecule has 0 radical (unpaired) electrons. The molecule has 0 amide bonds. The molecule has 3 rings (SSSR count). The first-order valence-electron chi connectivity index (χ1n) is 8.45. The molecule has 0 atom stereocenters. The monoisotopic (exact) mass is 307 g/mol. The maximum atomic E-state index is 5.97. The van der Waals surface area contributed by atoms with Crippen LogP contribution in [0.3, 0.4) is 0 Å². The predicted octanol–water partition coefficient (Wildman–Crippen LogP) is 5.35. The molecular formula is C21H25NO. The van der Waals surface area contributed by atoms with Crippen LogP contribution in [0.4, 0.5) is 0 Å². The number of ether oxygens (including phenoxy) is 1. The number of hydrogen-bond donors (Lipinski definition) is 0. The van der Waals surface area contributed by atoms with E-state index >= 15 is 0 Å². The zero-order valence-corrected chi connectivity index (χ0v) is 14.1. The Hall–Kier alpha value is -2.22. The first kappa shape index (κ1) is 15.7. The van der Waals surface area contributed by atoms with E-state index in [2.05, 4.69) is 54.5 Å². The lowest BCUT2D eigenvalue weighted by Crippen LogP contribution is -2.03. The standard InChI is InChI=1S/C21H25NO/c1-4-9-18-12-13-20-19(21(18)23-5-2)14-16(3)22(20)15-17-10-7-6-8-11-17/h4,7,10-14H,1,5-6,8-9,15H2,2-3H3. The van der Waals surface area contributed by atoms with Crippen molar-refractivity contribution >= 4 is 10.9 Å². The molecule has 1 aromatic heterocycles. The first-order chi connectivity index (χ1) is 11.2. The van der Waals surface area contributed by atoms with Crippen LogP contribution in [-0.4, -0.2) is 11.2 Å². The normalized spacial score (nSPS) is 14.1. The maximum Gasteiger partial charge on any atom is 0.132 e. The molecule has 0 saturated carbocycles. The number of benzene rings is 1. The zero-order chi connectivity index (χ0) is 16.2. The van der Waals surface area contributed by atoms with E-state index in [4.69, 9.17) is 4.74 Å². The third-order valence-electron chi connectivity index (χ3n) is 4.39. The Kier molecular flexibility index (Phi) is 4.71. The fourth-order valence-corrected chi connectivity index (χ4v) is 3.29. The molecule has 0 aliphatic heterocycles. The Morgan fingerprint density at radius 2 is 2.17 bits per heavy atom. The lowest BCUT2D eigenvalue weighted by atomic mass is 10.1. The van der Waals surface area contributed by atoms with Gasteiger partial charge < -0.3 is 9.30 Å². The van der Waals surface area contributed by atoms with Crippen LogP contribution in [0.25, 0.3) is 10.9 Å². The molecule has 1 aromatic carbocycles. The Balaban J connectivity index is 2.07. The van der Waals surface area contributed by atoms with Gasteiger partial charge in [0.2, 0.25) is 0 Å². The van der Waals surface area contributed by atoms with Gasteiger partial charge in [-0.2, -0.15) is 0 Å². The average Bonchev–Trinajstić information content (AvgIpc) is 2.87. The highest BCUT2D eigenvalue weighted by atomic mass is 16.5. The summed E-state index contributed by atoms with van der Waals surface area (Å²) in [5, 5.41) is 1.21. The van der Waals surface area contributed by atoms with Crippen molar-refractivity contribution < 1.29 is 4.74 Å². The van der Waals surface area contributed by atoms with Gasteiger partial charge in [-0.25, -0.2) is 0 Å². The third kappa shape index (κ3) is 3.12. The molecule has 2 heteroatoms. The Labute approximate surface area is 138 Å². The van der Waals surface area contributed by atoms with Gasteiger partial charge in [-0.1, -0.05) is 30.4 Å². The summed E-state index contributed by atoms with van der Waals surface area (Å²) in [6.45, 7) is 9.69. The molecule has 0 N–H and O–H groups in total. The van der Waals surface area contributed by atoms with E-state index < -0.39 is 0 Å². The molecule has 0 bridgehead atoms. The minimum atomic E-state index is 0.682. The Bertz CT molecular complexity index is 777. The number of rotatable bonds is 6. The van der Waals surface area contributed by atoms with Crippen molar-refractivity contribution in [3.05, 3.63) is 65.9 Å². The number of fused-ring (bicyclic) bond motifs is 1. The summed E-state index contributed by atoms with van der Waals surface area (Å²) in [4.78, 5) is 0. The topological polar surface area (TPSA) is 14.2 Å². The smallest absolute Gasteiger partial charge is 0.132 e. The van der Waals surface area contributed by atoms with E-state index in [0.29, 0.717) is 6.61 Å². The van der Waals surface area contributed by atoms with Gasteiger partial charge in [0.25, 0.3) is 0 Å². The summed E-state index contributed by atoms with van der Waals surface area (Å²) >= 11 is 0. The van der Waals surface area contributed by atoms with Gasteiger partial charge in [-0.15, -0.1) is 6.58 Å². The van der Waals surface area contributed by atoms with Crippen molar-refractivity contribution in [3.63, 3.8) is 0 Å². The van der Waals surface area contributed by atoms with E-state index in [1.165, 1.54) is 27.7 Å². The summed E-state index contributed by atoms with van der Waals surface area (Å²) < 4.78 is 8.36. The predicted molar refractivity (Wildman–Crippen MR) is 98.2 cm³/mol. The fourth-order valence-electron chi connectivity index (χ4n) is 3.29. The third-order valence-corrected chi connectivity index (χ3v) is 4.39. The average molecular weight is 307 g/mol. The van der Waals surface area contributed by atoms with Gasteiger partial charge in [0.15, 0.2) is 0 Å². The van der Waals surface area contributed by atoms with E-state index in [1.807, 2.05) is 13.0 Å². The van der Waals surface area contributed by atoms with Crippen LogP contribution >= 0.6 is 0 Å². The zero-order valence-electron chi connectivity index (χ0n) is 14.1. The van der Waals surface area contributed by atoms with E-state index in [0.717, 1.165) is 31.6 Å². The summed E-state index contributed by atoms with van der Waals surface area (Å²) in [5.41, 5.74) is 5.13. The molecule has 1 aliphatic carbocycles. The Morgan fingerprint density at radius 1 is 1.30 bits per heavy atom. The highest BCUT2D eigenvalue weighted by Crippen LogP contribution is 2.33. The molecule has 0 saturated heterocycles. The lowest BCUT2D eigenvalue weighted by molar-refractivity contribution is 0.341. The second-order valence-corrected chi connectivity index (χ2v) is 6.04. The van der Waals surface area contributed by atoms with Crippen LogP contribution in [0.5, 0.6) is 5.75 Å². The lowest BCUT2D eigenvalue weighted by Gasteiger charge is -2.14. The molecule has 0 unspecified atom stereocenters. The summed E-state index contributed by atoms with van der Waals surface area (Å²) in [6.07, 6.45) is 12.0. The van der Waals surface area contributed by atoms with Crippen LogP contribution in [0.2, 0.25) is 0 Å². The molecule has 0 spiro atoms. The SMILES string of the molecule is C=CCc1ccc2c(cc(C)n2CC2=CCCC=C2)c1OCC. The highest BCUT2D eigenvalue weighted by Gasteiger charge is 2.14. The summed E-state index contributed by atoms with van der Waals surface area (Å²) in [7, 11) is 0. The van der Waals surface area contributed by atoms with Crippen molar-refractivity contribution in [1.82, 2.24) is 4.57 Å². The second-order valence-electron chi connectivity index (χ2n) is 6.04. The first-order valence-corrected chi connectivity index (χ1v) is 8.45. The van der Waals surface area contributed by atoms with Crippen LogP contribution in [0.15, 0.2) is 54.7 Å². The van der Waals surface area contributed by atoms with E-state index in [9.17, 15) is 0 Å². The van der Waals surface area contributed by atoms with Crippen LogP contribution in [0.1, 0.15) is 31.0 Å². The highest BCUT2D eigenvalue weighted by molar-refractivity contribution is 5.89. The number of nitrogens with zero attached hydrogens (tertiary/aromatic N) is 1. The van der Waals surface area contributed by atoms with Gasteiger partial charge in [-0.05, 0) is 56.4 Å². The molecule has 120 valence electrons. The number of hydrogen-bond acceptors (Lipinski definition) is 1. The number of aromatic nitrogens is 1. The molecule has 1 heterocycles. The van der Waals surface area contributed by atoms with Gasteiger partial charge in [0.05, 0.1) is 12.1 Å². The second kappa shape index (κ2) is 6.91. The van der Waals surface area contributed by atoms with Crippen LogP contribution in [0, 0.1) is 6.92 Å². The summed E-state index contributed by atoms with van der Waals surface area (Å²) in [5.74, 6) is 1.01. The van der Waals surface area contributed by atoms with Gasteiger partial charge >= 0.3 is 0 Å². The van der Waals surface area contributed by atoms with Crippen molar-refractivity contribution in [1.29, 1.82) is 0 Å². The quantitative estimate of drug-likeness (QED) is 0.656. The molecule has 2 nitrogen and oxygen atoms in total.